The van der Waals surface area contributed by atoms with Gasteiger partial charge in [-0.3, -0.25) is 9.36 Å². The summed E-state index contributed by atoms with van der Waals surface area (Å²) in [6, 6.07) is 14.0. The van der Waals surface area contributed by atoms with Gasteiger partial charge in [0.15, 0.2) is 0 Å². The highest BCUT2D eigenvalue weighted by atomic mass is 16.5. The van der Waals surface area contributed by atoms with Gasteiger partial charge >= 0.3 is 11.7 Å². The fourth-order valence-corrected chi connectivity index (χ4v) is 4.07. The summed E-state index contributed by atoms with van der Waals surface area (Å²) >= 11 is 0. The fourth-order valence-electron chi connectivity index (χ4n) is 4.07. The third-order valence-electron chi connectivity index (χ3n) is 5.93. The zero-order valence-electron chi connectivity index (χ0n) is 18.9. The van der Waals surface area contributed by atoms with Crippen LogP contribution in [0.25, 0.3) is 10.9 Å². The van der Waals surface area contributed by atoms with E-state index in [9.17, 15) is 14.4 Å². The minimum atomic E-state index is -0.449. The first-order chi connectivity index (χ1) is 16.0. The van der Waals surface area contributed by atoms with Crippen LogP contribution in [0, 0.1) is 5.92 Å². The normalized spacial score (nSPS) is 14.3. The van der Waals surface area contributed by atoms with E-state index in [2.05, 4.69) is 22.1 Å². The average Bonchev–Trinajstić information content (AvgIpc) is 2.82. The van der Waals surface area contributed by atoms with Gasteiger partial charge in [-0.15, -0.1) is 0 Å². The van der Waals surface area contributed by atoms with Crippen LogP contribution < -0.4 is 15.9 Å². The molecule has 0 radical (unpaired) electrons. The molecule has 0 unspecified atom stereocenters. The lowest BCUT2D eigenvalue weighted by Gasteiger charge is -2.32. The van der Waals surface area contributed by atoms with Crippen molar-refractivity contribution in [2.24, 2.45) is 5.92 Å². The van der Waals surface area contributed by atoms with Crippen LogP contribution >= 0.6 is 0 Å². The second kappa shape index (κ2) is 9.85. The maximum Gasteiger partial charge on any atom is 0.350 e. The number of carbonyl (C=O) groups is 2. The Balaban J connectivity index is 1.54. The highest BCUT2D eigenvalue weighted by Gasteiger charge is 2.21. The molecule has 0 spiro atoms. The number of carbonyl (C=O) groups excluding carboxylic acids is 2. The van der Waals surface area contributed by atoms with E-state index < -0.39 is 11.7 Å². The number of rotatable bonds is 6. The number of fused-ring (bicyclic) bond motifs is 1. The van der Waals surface area contributed by atoms with Crippen molar-refractivity contribution in [3.8, 4) is 0 Å². The van der Waals surface area contributed by atoms with Crippen molar-refractivity contribution in [3.63, 3.8) is 0 Å². The van der Waals surface area contributed by atoms with E-state index in [4.69, 9.17) is 4.74 Å². The molecule has 1 aromatic heterocycles. The summed E-state index contributed by atoms with van der Waals surface area (Å²) in [7, 11) is 0. The molecular formula is C25H28N4O4. The third-order valence-corrected chi connectivity index (χ3v) is 5.93. The standard InChI is InChI=1S/C25H28N4O4/c1-3-33-24(31)18-8-10-19(11-9-18)26-22(30)16-29-21-7-5-4-6-20(21)23(27-25(29)32)28-14-12-17(2)13-15-28/h4-11,17H,3,12-16H2,1-2H3,(H,26,30). The number of aromatic nitrogens is 2. The predicted octanol–water partition coefficient (Wildman–Crippen LogP) is 3.45. The maximum absolute atomic E-state index is 12.9. The molecule has 4 rings (SSSR count). The first-order valence-electron chi connectivity index (χ1n) is 11.3. The molecular weight excluding hydrogens is 420 g/mol. The number of anilines is 2. The molecule has 2 heterocycles. The molecule has 2 aromatic carbocycles. The molecule has 1 amide bonds. The Morgan fingerprint density at radius 3 is 2.48 bits per heavy atom. The lowest BCUT2D eigenvalue weighted by Crippen LogP contribution is -2.37. The molecule has 1 fully saturated rings. The van der Waals surface area contributed by atoms with Crippen LogP contribution in [0.1, 0.15) is 37.0 Å². The largest absolute Gasteiger partial charge is 0.462 e. The van der Waals surface area contributed by atoms with E-state index in [0.717, 1.165) is 31.3 Å². The first kappa shape index (κ1) is 22.5. The number of hydrogen-bond donors (Lipinski definition) is 1. The lowest BCUT2D eigenvalue weighted by atomic mass is 9.99. The van der Waals surface area contributed by atoms with Gasteiger partial charge < -0.3 is 15.0 Å². The summed E-state index contributed by atoms with van der Waals surface area (Å²) in [6.45, 7) is 5.84. The number of para-hydroxylation sites is 1. The molecule has 8 heteroatoms. The van der Waals surface area contributed by atoms with E-state index in [1.165, 1.54) is 4.57 Å². The number of nitrogens with one attached hydrogen (secondary N) is 1. The van der Waals surface area contributed by atoms with E-state index in [1.807, 2.05) is 24.3 Å². The quantitative estimate of drug-likeness (QED) is 0.581. The minimum Gasteiger partial charge on any atom is -0.462 e. The van der Waals surface area contributed by atoms with Gasteiger partial charge in [0.1, 0.15) is 12.4 Å². The summed E-state index contributed by atoms with van der Waals surface area (Å²) in [5.74, 6) is 0.590. The summed E-state index contributed by atoms with van der Waals surface area (Å²) in [4.78, 5) is 44.0. The van der Waals surface area contributed by atoms with Gasteiger partial charge in [-0.25, -0.2) is 9.59 Å². The average molecular weight is 449 g/mol. The molecule has 8 nitrogen and oxygen atoms in total. The van der Waals surface area contributed by atoms with Gasteiger partial charge in [0.05, 0.1) is 17.7 Å². The van der Waals surface area contributed by atoms with Gasteiger partial charge in [0.25, 0.3) is 0 Å². The molecule has 0 bridgehead atoms. The van der Waals surface area contributed by atoms with Gasteiger partial charge in [-0.2, -0.15) is 4.98 Å². The third kappa shape index (κ3) is 5.05. The van der Waals surface area contributed by atoms with Crippen molar-refractivity contribution in [1.29, 1.82) is 0 Å². The molecule has 1 aliphatic rings. The van der Waals surface area contributed by atoms with E-state index in [0.29, 0.717) is 35.1 Å². The van der Waals surface area contributed by atoms with E-state index in [1.54, 1.807) is 31.2 Å². The van der Waals surface area contributed by atoms with Gasteiger partial charge in [-0.1, -0.05) is 19.1 Å². The Labute approximate surface area is 192 Å². The van der Waals surface area contributed by atoms with Crippen LogP contribution in [0.3, 0.4) is 0 Å². The van der Waals surface area contributed by atoms with Crippen molar-refractivity contribution >= 4 is 34.3 Å². The number of nitrogens with zero attached hydrogens (tertiary/aromatic N) is 3. The van der Waals surface area contributed by atoms with Crippen molar-refractivity contribution in [1.82, 2.24) is 9.55 Å². The van der Waals surface area contributed by atoms with E-state index >= 15 is 0 Å². The van der Waals surface area contributed by atoms with Crippen molar-refractivity contribution in [2.45, 2.75) is 33.2 Å². The Kier molecular flexibility index (Phi) is 6.72. The van der Waals surface area contributed by atoms with Crippen LogP contribution in [-0.4, -0.2) is 41.1 Å². The van der Waals surface area contributed by atoms with Crippen molar-refractivity contribution < 1.29 is 14.3 Å². The smallest absolute Gasteiger partial charge is 0.350 e. The van der Waals surface area contributed by atoms with Crippen LogP contribution in [0.4, 0.5) is 11.5 Å². The second-order valence-corrected chi connectivity index (χ2v) is 8.34. The molecule has 1 N–H and O–H groups in total. The monoisotopic (exact) mass is 448 g/mol. The van der Waals surface area contributed by atoms with Crippen LogP contribution in [-0.2, 0) is 16.1 Å². The summed E-state index contributed by atoms with van der Waals surface area (Å²) in [6.07, 6.45) is 2.13. The van der Waals surface area contributed by atoms with Gasteiger partial charge in [-0.05, 0) is 62.1 Å². The summed E-state index contributed by atoms with van der Waals surface area (Å²) in [5, 5.41) is 3.63. The molecule has 0 aliphatic carbocycles. The summed E-state index contributed by atoms with van der Waals surface area (Å²) in [5.41, 5.74) is 1.16. The number of esters is 1. The van der Waals surface area contributed by atoms with Crippen molar-refractivity contribution in [3.05, 3.63) is 64.6 Å². The lowest BCUT2D eigenvalue weighted by molar-refractivity contribution is -0.116. The molecule has 33 heavy (non-hydrogen) atoms. The SMILES string of the molecule is CCOC(=O)c1ccc(NC(=O)Cn2c(=O)nc(N3CCC(C)CC3)c3ccccc32)cc1. The second-order valence-electron chi connectivity index (χ2n) is 8.34. The van der Waals surface area contributed by atoms with Crippen molar-refractivity contribution in [2.75, 3.05) is 29.9 Å². The van der Waals surface area contributed by atoms with Gasteiger partial charge in [0.2, 0.25) is 5.91 Å². The van der Waals surface area contributed by atoms with Crippen LogP contribution in [0.15, 0.2) is 53.3 Å². The minimum absolute atomic E-state index is 0.163. The number of amides is 1. The van der Waals surface area contributed by atoms with Crippen LogP contribution in [0.5, 0.6) is 0 Å². The zero-order chi connectivity index (χ0) is 23.4. The number of hydrogen-bond acceptors (Lipinski definition) is 6. The molecule has 172 valence electrons. The van der Waals surface area contributed by atoms with E-state index in [-0.39, 0.29) is 12.5 Å². The molecule has 0 atom stereocenters. The van der Waals surface area contributed by atoms with Crippen LogP contribution in [0.2, 0.25) is 0 Å². The topological polar surface area (TPSA) is 93.5 Å². The summed E-state index contributed by atoms with van der Waals surface area (Å²) < 4.78 is 6.36. The molecule has 0 saturated carbocycles. The fraction of sp³-hybridized carbons (Fsp3) is 0.360. The number of ether oxygens (including phenoxy) is 1. The molecule has 3 aromatic rings. The molecule has 1 saturated heterocycles. The highest BCUT2D eigenvalue weighted by molar-refractivity contribution is 5.95. The number of benzene rings is 2. The zero-order valence-corrected chi connectivity index (χ0v) is 18.9. The van der Waals surface area contributed by atoms with Gasteiger partial charge in [0, 0.05) is 24.2 Å². The molecule has 1 aliphatic heterocycles. The Morgan fingerprint density at radius 2 is 1.79 bits per heavy atom. The highest BCUT2D eigenvalue weighted by Crippen LogP contribution is 2.27. The number of piperidine rings is 1. The Bertz CT molecular complexity index is 1210. The Morgan fingerprint density at radius 1 is 1.09 bits per heavy atom. The maximum atomic E-state index is 12.9. The Hall–Kier alpha value is -3.68. The first-order valence-corrected chi connectivity index (χ1v) is 11.3. The predicted molar refractivity (Wildman–Crippen MR) is 128 cm³/mol.